The second-order valence-corrected chi connectivity index (χ2v) is 9.02. The number of ether oxygens (including phenoxy) is 2. The Morgan fingerprint density at radius 1 is 0.839 bits per heavy atom. The van der Waals surface area contributed by atoms with Gasteiger partial charge >= 0.3 is 5.97 Å². The molecule has 1 aliphatic rings. The van der Waals surface area contributed by atoms with Crippen LogP contribution in [0.3, 0.4) is 0 Å². The summed E-state index contributed by atoms with van der Waals surface area (Å²) in [6, 6.07) is 14.8. The lowest BCUT2D eigenvalue weighted by molar-refractivity contribution is 0.0734. The summed E-state index contributed by atoms with van der Waals surface area (Å²) in [5, 5.41) is 0. The van der Waals surface area contributed by atoms with Crippen LogP contribution < -0.4 is 9.47 Å². The predicted octanol–water partition coefficient (Wildman–Crippen LogP) is 7.76. The molecular formula is C28H38O3. The second-order valence-electron chi connectivity index (χ2n) is 9.02. The number of aryl methyl sites for hydroxylation is 1. The van der Waals surface area contributed by atoms with Gasteiger partial charge in [-0.1, -0.05) is 76.0 Å². The molecule has 0 radical (unpaired) electrons. The number of carbonyl (C=O) groups is 1. The van der Waals surface area contributed by atoms with Gasteiger partial charge in [-0.05, 0) is 68.0 Å². The van der Waals surface area contributed by atoms with Crippen molar-refractivity contribution in [3.8, 4) is 11.5 Å². The smallest absolute Gasteiger partial charge is 0.343 e. The lowest BCUT2D eigenvalue weighted by Crippen LogP contribution is -2.20. The summed E-state index contributed by atoms with van der Waals surface area (Å²) >= 11 is 0. The molecule has 2 aromatic carbocycles. The van der Waals surface area contributed by atoms with E-state index in [0.717, 1.165) is 36.2 Å². The van der Waals surface area contributed by atoms with Gasteiger partial charge in [0.05, 0.1) is 12.2 Å². The molecule has 168 valence electrons. The molecule has 0 heterocycles. The molecule has 0 spiro atoms. The van der Waals surface area contributed by atoms with Crippen molar-refractivity contribution >= 4 is 5.97 Å². The fourth-order valence-electron chi connectivity index (χ4n) is 4.70. The fraction of sp³-hybridized carbons (Fsp3) is 0.536. The summed E-state index contributed by atoms with van der Waals surface area (Å²) in [4.78, 5) is 12.3. The highest BCUT2D eigenvalue weighted by Gasteiger charge is 2.24. The first-order valence-corrected chi connectivity index (χ1v) is 12.2. The Morgan fingerprint density at radius 3 is 2.10 bits per heavy atom. The number of esters is 1. The third-order valence-corrected chi connectivity index (χ3v) is 6.55. The molecule has 0 N–H and O–H groups in total. The maximum Gasteiger partial charge on any atom is 0.343 e. The van der Waals surface area contributed by atoms with Crippen LogP contribution in [0.5, 0.6) is 11.5 Å². The Bertz CT molecular complexity index is 779. The number of hydrogen-bond acceptors (Lipinski definition) is 3. The lowest BCUT2D eigenvalue weighted by atomic mass is 9.74. The Morgan fingerprint density at radius 2 is 1.45 bits per heavy atom. The Labute approximate surface area is 188 Å². The van der Waals surface area contributed by atoms with Crippen LogP contribution in [0, 0.1) is 18.8 Å². The molecule has 3 heteroatoms. The summed E-state index contributed by atoms with van der Waals surface area (Å²) in [5.41, 5.74) is 1.67. The third kappa shape index (κ3) is 7.72. The zero-order valence-electron chi connectivity index (χ0n) is 19.3. The molecule has 0 aliphatic heterocycles. The van der Waals surface area contributed by atoms with E-state index in [1.807, 2.05) is 43.3 Å². The van der Waals surface area contributed by atoms with Crippen LogP contribution in [-0.2, 0) is 0 Å². The van der Waals surface area contributed by atoms with Crippen molar-refractivity contribution in [2.45, 2.75) is 78.1 Å². The molecule has 1 saturated carbocycles. The molecule has 0 aromatic heterocycles. The Hall–Kier alpha value is -2.29. The average molecular weight is 423 g/mol. The monoisotopic (exact) mass is 422 g/mol. The quantitative estimate of drug-likeness (QED) is 0.211. The Kier molecular flexibility index (Phi) is 9.45. The van der Waals surface area contributed by atoms with Gasteiger partial charge in [-0.25, -0.2) is 4.79 Å². The van der Waals surface area contributed by atoms with Crippen LogP contribution in [0.15, 0.2) is 48.5 Å². The van der Waals surface area contributed by atoms with Crippen LogP contribution in [0.2, 0.25) is 0 Å². The van der Waals surface area contributed by atoms with Crippen molar-refractivity contribution in [3.63, 3.8) is 0 Å². The molecule has 2 unspecified atom stereocenters. The van der Waals surface area contributed by atoms with Gasteiger partial charge < -0.3 is 9.47 Å². The summed E-state index contributed by atoms with van der Waals surface area (Å²) < 4.78 is 11.4. The molecule has 2 aromatic rings. The minimum absolute atomic E-state index is 0.346. The summed E-state index contributed by atoms with van der Waals surface area (Å²) in [7, 11) is 0. The van der Waals surface area contributed by atoms with Gasteiger partial charge in [-0.3, -0.25) is 0 Å². The molecule has 0 bridgehead atoms. The summed E-state index contributed by atoms with van der Waals surface area (Å²) in [5.74, 6) is 2.84. The van der Waals surface area contributed by atoms with E-state index in [1.54, 1.807) is 12.1 Å². The van der Waals surface area contributed by atoms with Gasteiger partial charge in [0, 0.05) is 0 Å². The maximum atomic E-state index is 12.3. The minimum atomic E-state index is -0.346. The fourth-order valence-corrected chi connectivity index (χ4v) is 4.70. The molecule has 0 saturated heterocycles. The number of benzene rings is 2. The van der Waals surface area contributed by atoms with Crippen LogP contribution >= 0.6 is 0 Å². The first-order valence-electron chi connectivity index (χ1n) is 12.2. The molecule has 2 atom stereocenters. The van der Waals surface area contributed by atoms with Crippen LogP contribution in [0.1, 0.15) is 87.1 Å². The van der Waals surface area contributed by atoms with E-state index in [-0.39, 0.29) is 5.97 Å². The van der Waals surface area contributed by atoms with E-state index < -0.39 is 0 Å². The summed E-state index contributed by atoms with van der Waals surface area (Å²) in [6.07, 6.45) is 13.5. The van der Waals surface area contributed by atoms with E-state index in [1.165, 1.54) is 57.8 Å². The molecule has 31 heavy (non-hydrogen) atoms. The highest BCUT2D eigenvalue weighted by Crippen LogP contribution is 2.36. The Balaban J connectivity index is 1.39. The SMILES string of the molecule is CCCCCC1CCCCC1CCCOc1ccc(C(=O)Oc2ccc(C)cc2)cc1. The molecular weight excluding hydrogens is 384 g/mol. The van der Waals surface area contributed by atoms with E-state index in [9.17, 15) is 4.79 Å². The largest absolute Gasteiger partial charge is 0.494 e. The molecule has 3 rings (SSSR count). The molecule has 3 nitrogen and oxygen atoms in total. The number of rotatable bonds is 11. The predicted molar refractivity (Wildman–Crippen MR) is 127 cm³/mol. The van der Waals surface area contributed by atoms with Crippen molar-refractivity contribution in [2.75, 3.05) is 6.61 Å². The third-order valence-electron chi connectivity index (χ3n) is 6.55. The highest BCUT2D eigenvalue weighted by molar-refractivity contribution is 5.91. The first-order chi connectivity index (χ1) is 15.2. The molecule has 1 aliphatic carbocycles. The standard InChI is InChI=1S/C28H38O3/c1-3-4-5-9-23-10-6-7-11-24(23)12-8-21-30-26-19-15-25(16-20-26)28(29)31-27-17-13-22(2)14-18-27/h13-20,23-24H,3-12,21H2,1-2H3. The van der Waals surface area contributed by atoms with E-state index in [2.05, 4.69) is 6.92 Å². The zero-order valence-corrected chi connectivity index (χ0v) is 19.3. The van der Waals surface area contributed by atoms with Gasteiger partial charge in [0.15, 0.2) is 0 Å². The number of hydrogen-bond donors (Lipinski definition) is 0. The summed E-state index contributed by atoms with van der Waals surface area (Å²) in [6.45, 7) is 5.03. The maximum absolute atomic E-state index is 12.3. The average Bonchev–Trinajstić information content (AvgIpc) is 2.79. The number of unbranched alkanes of at least 4 members (excludes halogenated alkanes) is 2. The van der Waals surface area contributed by atoms with E-state index >= 15 is 0 Å². The van der Waals surface area contributed by atoms with Gasteiger partial charge in [0.2, 0.25) is 0 Å². The molecule has 1 fully saturated rings. The highest BCUT2D eigenvalue weighted by atomic mass is 16.5. The normalized spacial score (nSPS) is 18.5. The minimum Gasteiger partial charge on any atom is -0.494 e. The van der Waals surface area contributed by atoms with Gasteiger partial charge in [-0.15, -0.1) is 0 Å². The number of carbonyl (C=O) groups excluding carboxylic acids is 1. The van der Waals surface area contributed by atoms with Crippen LogP contribution in [0.25, 0.3) is 0 Å². The first kappa shape index (κ1) is 23.4. The van der Waals surface area contributed by atoms with Crippen LogP contribution in [-0.4, -0.2) is 12.6 Å². The van der Waals surface area contributed by atoms with Crippen LogP contribution in [0.4, 0.5) is 0 Å². The van der Waals surface area contributed by atoms with Gasteiger partial charge in [0.25, 0.3) is 0 Å². The second kappa shape index (κ2) is 12.5. The lowest BCUT2D eigenvalue weighted by Gasteiger charge is -2.31. The molecule has 0 amide bonds. The van der Waals surface area contributed by atoms with Crippen molar-refractivity contribution in [1.29, 1.82) is 0 Å². The van der Waals surface area contributed by atoms with Gasteiger partial charge in [0.1, 0.15) is 11.5 Å². The van der Waals surface area contributed by atoms with Crippen molar-refractivity contribution in [1.82, 2.24) is 0 Å². The van der Waals surface area contributed by atoms with E-state index in [0.29, 0.717) is 11.3 Å². The van der Waals surface area contributed by atoms with E-state index in [4.69, 9.17) is 9.47 Å². The van der Waals surface area contributed by atoms with Gasteiger partial charge in [-0.2, -0.15) is 0 Å². The van der Waals surface area contributed by atoms with Crippen molar-refractivity contribution in [2.24, 2.45) is 11.8 Å². The topological polar surface area (TPSA) is 35.5 Å². The van der Waals surface area contributed by atoms with Crippen molar-refractivity contribution < 1.29 is 14.3 Å². The van der Waals surface area contributed by atoms with Crippen molar-refractivity contribution in [3.05, 3.63) is 59.7 Å². The zero-order chi connectivity index (χ0) is 21.9.